The highest BCUT2D eigenvalue weighted by atomic mass is 35.5. The van der Waals surface area contributed by atoms with Gasteiger partial charge in [0, 0.05) is 17.6 Å². The summed E-state index contributed by atoms with van der Waals surface area (Å²) in [6, 6.07) is 3.08. The number of nitrogens with two attached hydrogens (primary N) is 1. The first-order valence-electron chi connectivity index (χ1n) is 5.57. The van der Waals surface area contributed by atoms with Gasteiger partial charge in [-0.3, -0.25) is 4.90 Å². The van der Waals surface area contributed by atoms with Gasteiger partial charge in [0.05, 0.1) is 5.02 Å². The molecule has 5 heteroatoms. The zero-order chi connectivity index (χ0) is 12.6. The van der Waals surface area contributed by atoms with Gasteiger partial charge in [0.1, 0.15) is 5.82 Å². The second-order valence-electron chi connectivity index (χ2n) is 4.58. The summed E-state index contributed by atoms with van der Waals surface area (Å²) in [5, 5.41) is 0.551. The average molecular weight is 277 g/mol. The van der Waals surface area contributed by atoms with Crippen LogP contribution in [0.15, 0.2) is 12.1 Å². The smallest absolute Gasteiger partial charge is 0.143 e. The number of hydrogen-bond acceptors (Lipinski definition) is 2. The van der Waals surface area contributed by atoms with Crippen LogP contribution in [0.3, 0.4) is 0 Å². The van der Waals surface area contributed by atoms with Gasteiger partial charge in [-0.25, -0.2) is 4.39 Å². The van der Waals surface area contributed by atoms with E-state index in [0.29, 0.717) is 17.5 Å². The number of hydrogen-bond donors (Lipinski definition) is 1. The molecule has 94 valence electrons. The molecule has 2 N–H and O–H groups in total. The lowest BCUT2D eigenvalue weighted by Crippen LogP contribution is -2.20. The zero-order valence-electron chi connectivity index (χ0n) is 9.59. The lowest BCUT2D eigenvalue weighted by atomic mass is 10.00. The average Bonchev–Trinajstić information content (AvgIpc) is 2.65. The number of benzene rings is 1. The maximum Gasteiger partial charge on any atom is 0.143 e. The topological polar surface area (TPSA) is 29.3 Å². The predicted molar refractivity (Wildman–Crippen MR) is 69.0 cm³/mol. The van der Waals surface area contributed by atoms with Crippen molar-refractivity contribution in [2.45, 2.75) is 12.5 Å². The van der Waals surface area contributed by atoms with E-state index in [2.05, 4.69) is 4.90 Å². The van der Waals surface area contributed by atoms with Gasteiger partial charge in [0.25, 0.3) is 0 Å². The molecule has 17 heavy (non-hydrogen) atoms. The van der Waals surface area contributed by atoms with E-state index >= 15 is 0 Å². The van der Waals surface area contributed by atoms with E-state index < -0.39 is 5.82 Å². The predicted octanol–water partition coefficient (Wildman–Crippen LogP) is 3.08. The summed E-state index contributed by atoms with van der Waals surface area (Å²) in [4.78, 5) is 2.19. The van der Waals surface area contributed by atoms with Crippen LogP contribution in [-0.4, -0.2) is 25.0 Å². The van der Waals surface area contributed by atoms with Crippen molar-refractivity contribution in [1.82, 2.24) is 4.90 Å². The first kappa shape index (κ1) is 13.1. The Morgan fingerprint density at radius 3 is 2.71 bits per heavy atom. The summed E-state index contributed by atoms with van der Waals surface area (Å²) in [6.45, 7) is 1.60. The van der Waals surface area contributed by atoms with Crippen LogP contribution in [0.1, 0.15) is 18.0 Å². The van der Waals surface area contributed by atoms with Gasteiger partial charge in [0.15, 0.2) is 0 Å². The van der Waals surface area contributed by atoms with Crippen molar-refractivity contribution >= 4 is 23.2 Å². The SMILES string of the molecule is CN1CC(CN)CC1c1cc(Cl)c(F)cc1Cl. The van der Waals surface area contributed by atoms with E-state index in [1.54, 1.807) is 6.07 Å². The van der Waals surface area contributed by atoms with Gasteiger partial charge in [-0.2, -0.15) is 0 Å². The summed E-state index contributed by atoms with van der Waals surface area (Å²) in [5.41, 5.74) is 6.57. The molecule has 1 aromatic rings. The highest BCUT2D eigenvalue weighted by Gasteiger charge is 2.31. The maximum absolute atomic E-state index is 13.2. The molecule has 2 atom stereocenters. The van der Waals surface area contributed by atoms with E-state index in [9.17, 15) is 4.39 Å². The van der Waals surface area contributed by atoms with E-state index in [1.165, 1.54) is 6.07 Å². The molecule has 1 fully saturated rings. The van der Waals surface area contributed by atoms with Crippen molar-refractivity contribution in [3.05, 3.63) is 33.6 Å². The minimum atomic E-state index is -0.476. The molecule has 0 aliphatic carbocycles. The molecule has 0 bridgehead atoms. The normalized spacial score (nSPS) is 25.5. The second kappa shape index (κ2) is 5.11. The molecule has 1 saturated heterocycles. The Hall–Kier alpha value is -0.350. The van der Waals surface area contributed by atoms with E-state index in [4.69, 9.17) is 28.9 Å². The number of likely N-dealkylation sites (tertiary alicyclic amines) is 1. The van der Waals surface area contributed by atoms with Crippen LogP contribution < -0.4 is 5.73 Å². The van der Waals surface area contributed by atoms with Gasteiger partial charge >= 0.3 is 0 Å². The van der Waals surface area contributed by atoms with Crippen molar-refractivity contribution in [3.8, 4) is 0 Å². The molecular weight excluding hydrogens is 262 g/mol. The van der Waals surface area contributed by atoms with Gasteiger partial charge in [-0.15, -0.1) is 0 Å². The molecule has 1 aliphatic rings. The highest BCUT2D eigenvalue weighted by molar-refractivity contribution is 6.33. The summed E-state index contributed by atoms with van der Waals surface area (Å²) >= 11 is 11.9. The molecule has 0 spiro atoms. The number of rotatable bonds is 2. The fraction of sp³-hybridized carbons (Fsp3) is 0.500. The Balaban J connectivity index is 2.31. The molecule has 0 amide bonds. The van der Waals surface area contributed by atoms with Gasteiger partial charge < -0.3 is 5.73 Å². The third-order valence-electron chi connectivity index (χ3n) is 3.37. The summed E-state index contributed by atoms with van der Waals surface area (Å²) in [5.74, 6) is -0.0127. The highest BCUT2D eigenvalue weighted by Crippen LogP contribution is 2.38. The first-order valence-corrected chi connectivity index (χ1v) is 6.33. The molecule has 0 aromatic heterocycles. The molecular formula is C12H15Cl2FN2. The third kappa shape index (κ3) is 2.58. The van der Waals surface area contributed by atoms with Crippen LogP contribution in [0.5, 0.6) is 0 Å². The Morgan fingerprint density at radius 1 is 1.41 bits per heavy atom. The van der Waals surface area contributed by atoms with Gasteiger partial charge in [-0.1, -0.05) is 23.2 Å². The van der Waals surface area contributed by atoms with Crippen molar-refractivity contribution in [3.63, 3.8) is 0 Å². The Labute approximate surface area is 110 Å². The van der Waals surface area contributed by atoms with Gasteiger partial charge in [0.2, 0.25) is 0 Å². The van der Waals surface area contributed by atoms with Crippen molar-refractivity contribution in [1.29, 1.82) is 0 Å². The summed E-state index contributed by atoms with van der Waals surface area (Å²) in [7, 11) is 2.02. The molecule has 1 aliphatic heterocycles. The number of nitrogens with zero attached hydrogens (tertiary/aromatic N) is 1. The fourth-order valence-corrected chi connectivity index (χ4v) is 2.88. The zero-order valence-corrected chi connectivity index (χ0v) is 11.1. The quantitative estimate of drug-likeness (QED) is 0.842. The molecule has 1 heterocycles. The van der Waals surface area contributed by atoms with Gasteiger partial charge in [-0.05, 0) is 43.6 Å². The Morgan fingerprint density at radius 2 is 2.12 bits per heavy atom. The molecule has 2 unspecified atom stereocenters. The lowest BCUT2D eigenvalue weighted by Gasteiger charge is -2.21. The van der Waals surface area contributed by atoms with Crippen LogP contribution in [-0.2, 0) is 0 Å². The lowest BCUT2D eigenvalue weighted by molar-refractivity contribution is 0.313. The Kier molecular flexibility index (Phi) is 3.93. The minimum Gasteiger partial charge on any atom is -0.330 e. The molecule has 2 nitrogen and oxygen atoms in total. The fourth-order valence-electron chi connectivity index (χ4n) is 2.43. The molecule has 0 radical (unpaired) electrons. The third-order valence-corrected chi connectivity index (χ3v) is 3.98. The van der Waals surface area contributed by atoms with Crippen LogP contribution in [0, 0.1) is 11.7 Å². The Bertz CT molecular complexity index is 425. The monoisotopic (exact) mass is 276 g/mol. The van der Waals surface area contributed by atoms with Crippen LogP contribution >= 0.6 is 23.2 Å². The van der Waals surface area contributed by atoms with E-state index in [0.717, 1.165) is 18.5 Å². The summed E-state index contributed by atoms with van der Waals surface area (Å²) < 4.78 is 13.2. The second-order valence-corrected chi connectivity index (χ2v) is 5.40. The van der Waals surface area contributed by atoms with Crippen molar-refractivity contribution < 1.29 is 4.39 Å². The molecule has 0 saturated carbocycles. The van der Waals surface area contributed by atoms with E-state index in [1.807, 2.05) is 7.05 Å². The number of halogens is 3. The molecule has 1 aromatic carbocycles. The largest absolute Gasteiger partial charge is 0.330 e. The van der Waals surface area contributed by atoms with Crippen LogP contribution in [0.25, 0.3) is 0 Å². The minimum absolute atomic E-state index is 0.119. The standard InChI is InChI=1S/C12H15Cl2FN2/c1-17-6-7(5-16)2-12(17)8-3-10(14)11(15)4-9(8)13/h3-4,7,12H,2,5-6,16H2,1H3. The first-order chi connectivity index (χ1) is 8.02. The maximum atomic E-state index is 13.2. The van der Waals surface area contributed by atoms with Crippen molar-refractivity contribution in [2.75, 3.05) is 20.1 Å². The van der Waals surface area contributed by atoms with Crippen LogP contribution in [0.4, 0.5) is 4.39 Å². The van der Waals surface area contributed by atoms with Crippen LogP contribution in [0.2, 0.25) is 10.0 Å². The van der Waals surface area contributed by atoms with Crippen molar-refractivity contribution in [2.24, 2.45) is 11.7 Å². The van der Waals surface area contributed by atoms with E-state index in [-0.39, 0.29) is 11.1 Å². The molecule has 2 rings (SSSR count). The summed E-state index contributed by atoms with van der Waals surface area (Å²) in [6.07, 6.45) is 0.939.